The van der Waals surface area contributed by atoms with Gasteiger partial charge in [-0.15, -0.1) is 0 Å². The van der Waals surface area contributed by atoms with Crippen LogP contribution in [-0.2, 0) is 14.4 Å². The highest BCUT2D eigenvalue weighted by Crippen LogP contribution is 2.33. The summed E-state index contributed by atoms with van der Waals surface area (Å²) in [5.41, 5.74) is 10.5. The van der Waals surface area contributed by atoms with Gasteiger partial charge >= 0.3 is 6.09 Å². The van der Waals surface area contributed by atoms with Gasteiger partial charge in [0, 0.05) is 24.1 Å². The third kappa shape index (κ3) is 22.5. The average Bonchev–Trinajstić information content (AvgIpc) is 3.10. The first-order valence-electron chi connectivity index (χ1n) is 19.4. The second-order valence-electron chi connectivity index (χ2n) is 14.9. The highest BCUT2D eigenvalue weighted by Gasteiger charge is 2.29. The molecule has 0 heterocycles. The Kier molecular flexibility index (Phi) is 29.4. The standard InChI is InChI=1S/C22H37N3O6Si.C10H25NSi.C5H14OSi/c1-6-18(7-2)32(4,5)14-10-13-23-21(26)16-31-24-22(27)30-15-17(3)19-11-8-9-12-20(19)25(28)29;1-5-10(6-2)12(3,4)9-7-8-11;1-3-5(4-2)7-6/h8-9,11-12,17-18H,6-7,10,13-16H2,1-5H3,(H,23,26)(H,24,27);10H,5-9,11H2,1-4H3;5-6H,3-4,7H2,1-2H3. The van der Waals surface area contributed by atoms with Crippen molar-refractivity contribution in [2.24, 2.45) is 5.73 Å². The number of carbonyl (C=O) groups excluding carboxylic acids is 2. The Hall–Kier alpha value is -2.11. The SMILES string of the molecule is CCC(CC)[SiH2]O.CCC(CC)[Si](C)(C)CCCN.CCC(CC)[Si](C)(C)CCCNC(=O)CONC(=O)OCC(C)c1ccccc1[N+](=O)[O-]. The monoisotopic (exact) mass is 773 g/mol. The summed E-state index contributed by atoms with van der Waals surface area (Å²) < 4.78 is 5.03. The van der Waals surface area contributed by atoms with Gasteiger partial charge in [-0.2, -0.15) is 5.48 Å². The van der Waals surface area contributed by atoms with E-state index in [4.69, 9.17) is 20.1 Å². The number of rotatable bonds is 23. The molecule has 5 N–H and O–H groups in total. The maximum absolute atomic E-state index is 11.9. The van der Waals surface area contributed by atoms with Crippen molar-refractivity contribution >= 4 is 43.6 Å². The summed E-state index contributed by atoms with van der Waals surface area (Å²) in [6, 6.07) is 8.87. The zero-order valence-electron chi connectivity index (χ0n) is 34.1. The third-order valence-electron chi connectivity index (χ3n) is 10.4. The predicted molar refractivity (Wildman–Crippen MR) is 222 cm³/mol. The van der Waals surface area contributed by atoms with E-state index in [0.29, 0.717) is 17.6 Å². The normalized spacial score (nSPS) is 12.3. The van der Waals surface area contributed by atoms with Gasteiger partial charge in [-0.1, -0.05) is 143 Å². The number of para-hydroxylation sites is 1. The molecule has 0 saturated carbocycles. The number of hydrogen-bond donors (Lipinski definition) is 4. The number of benzene rings is 1. The molecule has 2 amide bonds. The Morgan fingerprint density at radius 1 is 0.902 bits per heavy atom. The summed E-state index contributed by atoms with van der Waals surface area (Å²) in [6.45, 7) is 26.0. The van der Waals surface area contributed by atoms with E-state index in [2.05, 4.69) is 78.5 Å². The molecular weight excluding hydrogens is 697 g/mol. The molecule has 1 atom stereocenters. The average molecular weight is 773 g/mol. The van der Waals surface area contributed by atoms with E-state index in [1.54, 1.807) is 25.1 Å². The van der Waals surface area contributed by atoms with E-state index in [9.17, 15) is 19.7 Å². The van der Waals surface area contributed by atoms with Crippen LogP contribution in [0.5, 0.6) is 0 Å². The zero-order valence-corrected chi connectivity index (χ0v) is 37.6. The molecule has 0 aliphatic carbocycles. The molecule has 0 aromatic heterocycles. The molecule has 51 heavy (non-hydrogen) atoms. The molecular formula is C37H76N4O7Si3. The van der Waals surface area contributed by atoms with Crippen molar-refractivity contribution in [3.05, 3.63) is 39.9 Å². The van der Waals surface area contributed by atoms with E-state index in [-0.39, 0.29) is 30.7 Å². The maximum atomic E-state index is 11.9. The van der Waals surface area contributed by atoms with E-state index in [1.807, 2.05) is 0 Å². The number of hydrogen-bond acceptors (Lipinski definition) is 8. The first-order valence-corrected chi connectivity index (χ1v) is 27.4. The molecule has 0 aliphatic rings. The summed E-state index contributed by atoms with van der Waals surface area (Å²) >= 11 is 0. The van der Waals surface area contributed by atoms with Crippen molar-refractivity contribution in [3.8, 4) is 0 Å². The first kappa shape index (κ1) is 51.0. The summed E-state index contributed by atoms with van der Waals surface area (Å²) in [7, 11) is -2.90. The number of carbonyl (C=O) groups is 2. The molecule has 0 aliphatic heterocycles. The number of hydroxylamine groups is 1. The van der Waals surface area contributed by atoms with E-state index >= 15 is 0 Å². The fraction of sp³-hybridized carbons (Fsp3) is 0.784. The van der Waals surface area contributed by atoms with Gasteiger partial charge in [0.25, 0.3) is 5.69 Å². The molecule has 0 spiro atoms. The van der Waals surface area contributed by atoms with E-state index in [0.717, 1.165) is 30.1 Å². The highest BCUT2D eigenvalue weighted by molar-refractivity contribution is 6.79. The number of ether oxygens (including phenoxy) is 1. The summed E-state index contributed by atoms with van der Waals surface area (Å²) in [4.78, 5) is 47.8. The molecule has 14 heteroatoms. The maximum Gasteiger partial charge on any atom is 0.431 e. The lowest BCUT2D eigenvalue weighted by atomic mass is 10.0. The van der Waals surface area contributed by atoms with Crippen LogP contribution < -0.4 is 16.5 Å². The highest BCUT2D eigenvalue weighted by atomic mass is 28.3. The minimum Gasteiger partial charge on any atom is -0.447 e. The Morgan fingerprint density at radius 3 is 1.84 bits per heavy atom. The molecule has 0 saturated heterocycles. The van der Waals surface area contributed by atoms with Crippen molar-refractivity contribution < 1.29 is 28.9 Å². The van der Waals surface area contributed by atoms with Crippen molar-refractivity contribution in [1.29, 1.82) is 0 Å². The van der Waals surface area contributed by atoms with Crippen LogP contribution >= 0.6 is 0 Å². The number of nitrogens with two attached hydrogens (primary N) is 1. The predicted octanol–water partition coefficient (Wildman–Crippen LogP) is 8.67. The Balaban J connectivity index is 0. The number of nitrogens with one attached hydrogen (secondary N) is 2. The van der Waals surface area contributed by atoms with Crippen LogP contribution in [0.25, 0.3) is 0 Å². The van der Waals surface area contributed by atoms with Crippen molar-refractivity contribution in [3.63, 3.8) is 0 Å². The second kappa shape index (κ2) is 29.4. The van der Waals surface area contributed by atoms with Gasteiger partial charge in [0.05, 0.1) is 21.1 Å². The van der Waals surface area contributed by atoms with Crippen molar-refractivity contribution in [2.45, 2.75) is 161 Å². The molecule has 1 rings (SSSR count). The van der Waals surface area contributed by atoms with Gasteiger partial charge in [0.1, 0.15) is 6.61 Å². The van der Waals surface area contributed by atoms with Gasteiger partial charge < -0.3 is 20.6 Å². The van der Waals surface area contributed by atoms with Crippen LogP contribution in [0.4, 0.5) is 10.5 Å². The third-order valence-corrected chi connectivity index (χ3v) is 21.4. The molecule has 1 aromatic rings. The van der Waals surface area contributed by atoms with Crippen LogP contribution in [0.2, 0.25) is 54.9 Å². The van der Waals surface area contributed by atoms with E-state index in [1.165, 1.54) is 57.1 Å². The lowest BCUT2D eigenvalue weighted by Crippen LogP contribution is -2.36. The van der Waals surface area contributed by atoms with Crippen LogP contribution in [0.1, 0.15) is 111 Å². The van der Waals surface area contributed by atoms with Crippen LogP contribution in [-0.4, -0.2) is 73.9 Å². The van der Waals surface area contributed by atoms with Gasteiger partial charge in [0.15, 0.2) is 16.4 Å². The quantitative estimate of drug-likeness (QED) is 0.0371. The van der Waals surface area contributed by atoms with Gasteiger partial charge in [-0.25, -0.2) is 4.79 Å². The van der Waals surface area contributed by atoms with E-state index < -0.39 is 36.9 Å². The van der Waals surface area contributed by atoms with Crippen LogP contribution in [0.3, 0.4) is 0 Å². The molecule has 1 unspecified atom stereocenters. The Bertz CT molecular complexity index is 1060. The first-order chi connectivity index (χ1) is 24.0. The van der Waals surface area contributed by atoms with Gasteiger partial charge in [-0.3, -0.25) is 19.7 Å². The van der Waals surface area contributed by atoms with Gasteiger partial charge in [-0.05, 0) is 36.0 Å². The zero-order chi connectivity index (χ0) is 39.5. The Morgan fingerprint density at radius 2 is 1.41 bits per heavy atom. The molecule has 298 valence electrons. The van der Waals surface area contributed by atoms with Crippen molar-refractivity contribution in [1.82, 2.24) is 10.8 Å². The molecule has 0 fully saturated rings. The van der Waals surface area contributed by atoms with Crippen molar-refractivity contribution in [2.75, 3.05) is 26.3 Å². The fourth-order valence-electron chi connectivity index (χ4n) is 6.67. The van der Waals surface area contributed by atoms with Crippen LogP contribution in [0.15, 0.2) is 24.3 Å². The lowest BCUT2D eigenvalue weighted by molar-refractivity contribution is -0.385. The topological polar surface area (TPSA) is 166 Å². The number of nitrogens with zero attached hydrogens (tertiary/aromatic N) is 1. The Labute approximate surface area is 315 Å². The van der Waals surface area contributed by atoms with Crippen LogP contribution in [0, 0.1) is 10.1 Å². The largest absolute Gasteiger partial charge is 0.447 e. The minimum atomic E-state index is -1.29. The molecule has 0 radical (unpaired) electrons. The molecule has 0 bridgehead atoms. The second-order valence-corrected chi connectivity index (χ2v) is 27.0. The lowest BCUT2D eigenvalue weighted by Gasteiger charge is -2.31. The minimum absolute atomic E-state index is 0.0251. The molecule has 1 aromatic carbocycles. The fourth-order valence-corrected chi connectivity index (χ4v) is 14.6. The van der Waals surface area contributed by atoms with Gasteiger partial charge in [0.2, 0.25) is 5.91 Å². The summed E-state index contributed by atoms with van der Waals surface area (Å²) in [5.74, 6) is -0.695. The smallest absolute Gasteiger partial charge is 0.431 e. The number of amides is 2. The summed E-state index contributed by atoms with van der Waals surface area (Å²) in [6.07, 6.45) is 8.77. The summed E-state index contributed by atoms with van der Waals surface area (Å²) in [5, 5.41) is 13.9. The molecule has 11 nitrogen and oxygen atoms in total. The number of nitro groups is 1. The number of nitro benzene ring substituents is 1.